The molecule has 0 amide bonds. The Morgan fingerprint density at radius 3 is 2.88 bits per heavy atom. The summed E-state index contributed by atoms with van der Waals surface area (Å²) in [7, 11) is 0. The van der Waals surface area contributed by atoms with Crippen LogP contribution in [0.1, 0.15) is 18.9 Å². The van der Waals surface area contributed by atoms with E-state index >= 15 is 0 Å². The molecule has 1 aromatic carbocycles. The summed E-state index contributed by atoms with van der Waals surface area (Å²) in [6.45, 7) is 5.25. The molecule has 0 radical (unpaired) electrons. The highest BCUT2D eigenvalue weighted by atomic mass is 16.5. The van der Waals surface area contributed by atoms with Gasteiger partial charge in [0.05, 0.1) is 18.8 Å². The third kappa shape index (κ3) is 4.11. The Morgan fingerprint density at radius 2 is 2.18 bits per heavy atom. The second-order valence-corrected chi connectivity index (χ2v) is 4.82. The minimum Gasteiger partial charge on any atom is -0.392 e. The zero-order chi connectivity index (χ0) is 12.1. The molecule has 0 bridgehead atoms. The molecule has 17 heavy (non-hydrogen) atoms. The third-order valence-electron chi connectivity index (χ3n) is 3.08. The van der Waals surface area contributed by atoms with Gasteiger partial charge in [-0.2, -0.15) is 0 Å². The van der Waals surface area contributed by atoms with Crippen LogP contribution >= 0.6 is 0 Å². The molecule has 1 aromatic rings. The number of hydrogen-bond donors (Lipinski definition) is 1. The van der Waals surface area contributed by atoms with Crippen molar-refractivity contribution in [2.24, 2.45) is 0 Å². The Hall–Kier alpha value is -0.900. The maximum atomic E-state index is 9.32. The van der Waals surface area contributed by atoms with E-state index in [0.717, 1.165) is 26.1 Å². The molecule has 1 N–H and O–H groups in total. The van der Waals surface area contributed by atoms with Gasteiger partial charge in [-0.05, 0) is 18.9 Å². The van der Waals surface area contributed by atoms with E-state index in [1.165, 1.54) is 5.56 Å². The van der Waals surface area contributed by atoms with E-state index in [9.17, 15) is 5.11 Å². The number of rotatable bonds is 5. The summed E-state index contributed by atoms with van der Waals surface area (Å²) >= 11 is 0. The molecule has 0 aromatic heterocycles. The first kappa shape index (κ1) is 12.6. The van der Waals surface area contributed by atoms with Crippen molar-refractivity contribution < 1.29 is 9.84 Å². The van der Waals surface area contributed by atoms with Crippen molar-refractivity contribution in [2.75, 3.05) is 19.6 Å². The molecule has 2 rings (SSSR count). The minimum atomic E-state index is -0.247. The molecule has 0 aliphatic carbocycles. The van der Waals surface area contributed by atoms with Gasteiger partial charge in [-0.15, -0.1) is 0 Å². The van der Waals surface area contributed by atoms with Crippen LogP contribution < -0.4 is 0 Å². The van der Waals surface area contributed by atoms with Crippen molar-refractivity contribution in [1.29, 1.82) is 0 Å². The molecule has 3 nitrogen and oxygen atoms in total. The monoisotopic (exact) mass is 235 g/mol. The Kier molecular flexibility index (Phi) is 4.54. The standard InChI is InChI=1S/C14H21NO2/c1-12(16)9-15-8-7-14(10-15)17-11-13-5-3-2-4-6-13/h2-6,12,14,16H,7-11H2,1H3/t12-,14?/m1/s1. The SMILES string of the molecule is C[C@@H](O)CN1CCC(OCc2ccccc2)C1. The van der Waals surface area contributed by atoms with Crippen molar-refractivity contribution in [2.45, 2.75) is 32.2 Å². The van der Waals surface area contributed by atoms with Crippen LogP contribution in [0.4, 0.5) is 0 Å². The lowest BCUT2D eigenvalue weighted by molar-refractivity contribution is 0.0427. The van der Waals surface area contributed by atoms with Gasteiger partial charge in [0.25, 0.3) is 0 Å². The summed E-state index contributed by atoms with van der Waals surface area (Å²) in [6, 6.07) is 10.3. The number of hydrogen-bond acceptors (Lipinski definition) is 3. The van der Waals surface area contributed by atoms with Crippen molar-refractivity contribution in [3.05, 3.63) is 35.9 Å². The van der Waals surface area contributed by atoms with Gasteiger partial charge < -0.3 is 9.84 Å². The Morgan fingerprint density at radius 1 is 1.41 bits per heavy atom. The highest BCUT2D eigenvalue weighted by Gasteiger charge is 2.23. The summed E-state index contributed by atoms with van der Waals surface area (Å²) in [5, 5.41) is 9.32. The van der Waals surface area contributed by atoms with E-state index in [1.54, 1.807) is 0 Å². The summed E-state index contributed by atoms with van der Waals surface area (Å²) < 4.78 is 5.88. The number of β-amino-alcohol motifs (C(OH)–C–C–N with tert-alkyl or cyclic N) is 1. The molecule has 0 spiro atoms. The molecule has 2 atom stereocenters. The number of aliphatic hydroxyl groups is 1. The first-order valence-electron chi connectivity index (χ1n) is 6.30. The Bertz CT molecular complexity index is 326. The fourth-order valence-electron chi connectivity index (χ4n) is 2.26. The molecule has 3 heteroatoms. The van der Waals surface area contributed by atoms with Crippen LogP contribution in [0.15, 0.2) is 30.3 Å². The number of nitrogens with zero attached hydrogens (tertiary/aromatic N) is 1. The molecule has 94 valence electrons. The smallest absolute Gasteiger partial charge is 0.0721 e. The van der Waals surface area contributed by atoms with Gasteiger partial charge in [-0.25, -0.2) is 0 Å². The predicted molar refractivity (Wildman–Crippen MR) is 67.8 cm³/mol. The molecule has 1 aliphatic rings. The quantitative estimate of drug-likeness (QED) is 0.842. The van der Waals surface area contributed by atoms with E-state index < -0.39 is 0 Å². The number of likely N-dealkylation sites (tertiary alicyclic amines) is 1. The highest BCUT2D eigenvalue weighted by molar-refractivity contribution is 5.13. The molecule has 1 unspecified atom stereocenters. The summed E-state index contributed by atoms with van der Waals surface area (Å²) in [5.74, 6) is 0. The Labute approximate surface area is 103 Å². The molecular weight excluding hydrogens is 214 g/mol. The van der Waals surface area contributed by atoms with Crippen molar-refractivity contribution >= 4 is 0 Å². The van der Waals surface area contributed by atoms with E-state index in [-0.39, 0.29) is 6.10 Å². The van der Waals surface area contributed by atoms with Gasteiger partial charge in [-0.3, -0.25) is 4.90 Å². The lowest BCUT2D eigenvalue weighted by Crippen LogP contribution is -2.30. The van der Waals surface area contributed by atoms with Gasteiger partial charge in [0.1, 0.15) is 0 Å². The number of ether oxygens (including phenoxy) is 1. The Balaban J connectivity index is 1.71. The van der Waals surface area contributed by atoms with E-state index in [0.29, 0.717) is 12.7 Å². The zero-order valence-corrected chi connectivity index (χ0v) is 10.4. The molecule has 1 heterocycles. The number of benzene rings is 1. The molecule has 0 saturated carbocycles. The van der Waals surface area contributed by atoms with E-state index in [1.807, 2.05) is 25.1 Å². The largest absolute Gasteiger partial charge is 0.392 e. The van der Waals surface area contributed by atoms with E-state index in [4.69, 9.17) is 4.74 Å². The predicted octanol–water partition coefficient (Wildman–Crippen LogP) is 1.66. The van der Waals surface area contributed by atoms with E-state index in [2.05, 4.69) is 17.0 Å². The van der Waals surface area contributed by atoms with Crippen molar-refractivity contribution in [3.8, 4) is 0 Å². The minimum absolute atomic E-state index is 0.247. The maximum Gasteiger partial charge on any atom is 0.0721 e. The lowest BCUT2D eigenvalue weighted by Gasteiger charge is -2.17. The van der Waals surface area contributed by atoms with Crippen LogP contribution in [0.5, 0.6) is 0 Å². The van der Waals surface area contributed by atoms with Crippen molar-refractivity contribution in [3.63, 3.8) is 0 Å². The zero-order valence-electron chi connectivity index (χ0n) is 10.4. The van der Waals surface area contributed by atoms with Crippen LogP contribution in [0, 0.1) is 0 Å². The highest BCUT2D eigenvalue weighted by Crippen LogP contribution is 2.14. The van der Waals surface area contributed by atoms with Crippen LogP contribution in [0.3, 0.4) is 0 Å². The maximum absolute atomic E-state index is 9.32. The lowest BCUT2D eigenvalue weighted by atomic mass is 10.2. The average molecular weight is 235 g/mol. The fourth-order valence-corrected chi connectivity index (χ4v) is 2.26. The molecular formula is C14H21NO2. The first-order valence-corrected chi connectivity index (χ1v) is 6.30. The summed E-state index contributed by atoms with van der Waals surface area (Å²) in [6.07, 6.45) is 1.14. The van der Waals surface area contributed by atoms with Crippen LogP contribution in [-0.4, -0.2) is 41.8 Å². The summed E-state index contributed by atoms with van der Waals surface area (Å²) in [4.78, 5) is 2.26. The van der Waals surface area contributed by atoms with Crippen LogP contribution in [-0.2, 0) is 11.3 Å². The second kappa shape index (κ2) is 6.15. The van der Waals surface area contributed by atoms with Crippen LogP contribution in [0.2, 0.25) is 0 Å². The normalized spacial score (nSPS) is 22.8. The van der Waals surface area contributed by atoms with Crippen molar-refractivity contribution in [1.82, 2.24) is 4.90 Å². The van der Waals surface area contributed by atoms with Gasteiger partial charge in [-0.1, -0.05) is 30.3 Å². The average Bonchev–Trinajstić information content (AvgIpc) is 2.75. The molecule has 1 aliphatic heterocycles. The van der Waals surface area contributed by atoms with Gasteiger partial charge >= 0.3 is 0 Å². The van der Waals surface area contributed by atoms with Gasteiger partial charge in [0.2, 0.25) is 0 Å². The fraction of sp³-hybridized carbons (Fsp3) is 0.571. The number of aliphatic hydroxyl groups excluding tert-OH is 1. The summed E-state index contributed by atoms with van der Waals surface area (Å²) in [5.41, 5.74) is 1.22. The molecule has 1 saturated heterocycles. The first-order chi connectivity index (χ1) is 8.24. The van der Waals surface area contributed by atoms with Crippen LogP contribution in [0.25, 0.3) is 0 Å². The topological polar surface area (TPSA) is 32.7 Å². The molecule has 1 fully saturated rings. The van der Waals surface area contributed by atoms with Gasteiger partial charge in [0, 0.05) is 19.6 Å². The third-order valence-corrected chi connectivity index (χ3v) is 3.08. The van der Waals surface area contributed by atoms with Gasteiger partial charge in [0.15, 0.2) is 0 Å². The second-order valence-electron chi connectivity index (χ2n) is 4.82.